The van der Waals surface area contributed by atoms with Crippen LogP contribution in [0.1, 0.15) is 0 Å². The van der Waals surface area contributed by atoms with Crippen LogP contribution in [0.2, 0.25) is 0 Å². The van der Waals surface area contributed by atoms with Crippen LogP contribution in [0.5, 0.6) is 0 Å². The summed E-state index contributed by atoms with van der Waals surface area (Å²) in [6.07, 6.45) is 0. The molecule has 0 amide bonds. The molecule has 194 valence electrons. The van der Waals surface area contributed by atoms with Gasteiger partial charge in [0.2, 0.25) is 0 Å². The van der Waals surface area contributed by atoms with E-state index in [1.54, 1.807) is 0 Å². The van der Waals surface area contributed by atoms with Crippen LogP contribution in [0.15, 0.2) is 121 Å². The molecular weight excluding hydrogens is 844 g/mol. The van der Waals surface area contributed by atoms with Gasteiger partial charge in [-0.3, -0.25) is 0 Å². The van der Waals surface area contributed by atoms with Crippen LogP contribution in [0.4, 0.5) is 0 Å². The van der Waals surface area contributed by atoms with Gasteiger partial charge in [0.1, 0.15) is 0 Å². The van der Waals surface area contributed by atoms with E-state index in [2.05, 4.69) is 75.2 Å². The molecule has 0 aliphatic carbocycles. The molecule has 0 fully saturated rings. The molecule has 2 radical (unpaired) electrons. The molecule has 4 aromatic carbocycles. The number of hydrogen-bond acceptors (Lipinski definition) is 2. The third kappa shape index (κ3) is 10.7. The van der Waals surface area contributed by atoms with Gasteiger partial charge < -0.3 is 23.7 Å². The summed E-state index contributed by atoms with van der Waals surface area (Å²) in [5.41, 5.74) is 0. The molecule has 0 N–H and O–H groups in total. The van der Waals surface area contributed by atoms with Gasteiger partial charge in [0.25, 0.3) is 0 Å². The van der Waals surface area contributed by atoms with Gasteiger partial charge in [-0.15, -0.1) is 0 Å². The largest absolute Gasteiger partial charge is 0.512 e. The predicted octanol–water partition coefficient (Wildman–Crippen LogP) is 6.66. The second-order valence-electron chi connectivity index (χ2n) is 7.28. The van der Waals surface area contributed by atoms with Crippen LogP contribution in [-0.2, 0) is 44.8 Å². The third-order valence-electron chi connectivity index (χ3n) is 5.00. The van der Waals surface area contributed by atoms with E-state index in [9.17, 15) is 0 Å². The van der Waals surface area contributed by atoms with E-state index >= 15 is 0 Å². The Bertz CT molecular complexity index is 941. The summed E-state index contributed by atoms with van der Waals surface area (Å²) >= 11 is 0. The van der Waals surface area contributed by atoms with Gasteiger partial charge in [-0.25, -0.2) is 0 Å². The van der Waals surface area contributed by atoms with Crippen molar-refractivity contribution in [3.8, 4) is 0 Å². The van der Waals surface area contributed by atoms with E-state index in [-0.39, 0.29) is 44.8 Å². The minimum Gasteiger partial charge on any atom is -0.512 e. The molecule has 0 bridgehead atoms. The van der Waals surface area contributed by atoms with E-state index in [1.807, 2.05) is 72.8 Å². The van der Waals surface area contributed by atoms with Gasteiger partial charge in [0.15, 0.2) is 0 Å². The van der Waals surface area contributed by atoms with Crippen LogP contribution >= 0.6 is 14.5 Å². The maximum absolute atomic E-state index is 6.25. The van der Waals surface area contributed by atoms with Gasteiger partial charge in [0.05, 0.1) is 0 Å². The van der Waals surface area contributed by atoms with Crippen molar-refractivity contribution in [2.24, 2.45) is 0 Å². The van der Waals surface area contributed by atoms with E-state index in [1.165, 1.54) is 21.2 Å². The zero-order chi connectivity index (χ0) is 25.5. The standard InChI is InChI=1S/2C14H14P.2CN.2Au/c2*1-15(2,13-9-5-3-6-10-13)14-11-7-4-8-12-14;2*1-2;;/h2*3-12H,1-2H2;;;;/q4*-1;;. The average molecular weight is 872 g/mol. The zero-order valence-electron chi connectivity index (χ0n) is 19.8. The maximum Gasteiger partial charge on any atom is 0.0408 e. The summed E-state index contributed by atoms with van der Waals surface area (Å²) in [4.78, 5) is 0. The first-order valence-electron chi connectivity index (χ1n) is 10.2. The number of benzene rings is 4. The fourth-order valence-electron chi connectivity index (χ4n) is 3.15. The van der Waals surface area contributed by atoms with Crippen LogP contribution in [0.25, 0.3) is 0 Å². The smallest absolute Gasteiger partial charge is 0.0408 e. The fourth-order valence-corrected chi connectivity index (χ4v) is 6.72. The van der Waals surface area contributed by atoms with Crippen molar-refractivity contribution < 1.29 is 44.8 Å². The monoisotopic (exact) mass is 872 g/mol. The van der Waals surface area contributed by atoms with Gasteiger partial charge in [0, 0.05) is 66.0 Å². The first-order chi connectivity index (χ1) is 16.4. The number of nitrogens with zero attached hydrogens (tertiary/aromatic N) is 2. The molecule has 0 heterocycles. The number of hydrogen-bond donors (Lipinski definition) is 0. The summed E-state index contributed by atoms with van der Waals surface area (Å²) in [5, 5.41) is 17.5. The summed E-state index contributed by atoms with van der Waals surface area (Å²) in [7, 11) is -3.29. The Morgan fingerprint density at radius 2 is 0.500 bits per heavy atom. The molecule has 0 saturated heterocycles. The molecular formula is C30H28Au2N2P2-4. The number of rotatable bonds is 4. The topological polar surface area (TPSA) is 47.6 Å². The summed E-state index contributed by atoms with van der Waals surface area (Å²) in [6, 6.07) is 41.3. The molecule has 0 aliphatic rings. The first-order valence-corrected chi connectivity index (χ1v) is 14.6. The summed E-state index contributed by atoms with van der Waals surface area (Å²) in [5.74, 6) is 0. The molecule has 0 spiro atoms. The molecule has 36 heavy (non-hydrogen) atoms. The summed E-state index contributed by atoms with van der Waals surface area (Å²) < 4.78 is 0. The molecule has 0 aromatic heterocycles. The van der Waals surface area contributed by atoms with Crippen LogP contribution < -0.4 is 21.2 Å². The van der Waals surface area contributed by atoms with Crippen LogP contribution in [-0.4, -0.2) is 0 Å². The molecule has 4 rings (SSSR count). The van der Waals surface area contributed by atoms with Gasteiger partial charge in [-0.2, -0.15) is 41.2 Å². The van der Waals surface area contributed by atoms with Gasteiger partial charge >= 0.3 is 0 Å². The fraction of sp³-hybridized carbons (Fsp3) is 0. The molecule has 0 atom stereocenters. The van der Waals surface area contributed by atoms with Crippen molar-refractivity contribution >= 4 is 35.7 Å². The Morgan fingerprint density at radius 1 is 0.361 bits per heavy atom. The van der Waals surface area contributed by atoms with Crippen molar-refractivity contribution in [1.82, 2.24) is 0 Å². The van der Waals surface area contributed by atoms with Crippen molar-refractivity contribution in [3.63, 3.8) is 0 Å². The van der Waals surface area contributed by atoms with Crippen LogP contribution in [0, 0.1) is 50.3 Å². The minimum atomic E-state index is -1.65. The maximum atomic E-state index is 6.25. The Hall–Kier alpha value is -1.80. The Kier molecular flexibility index (Phi) is 19.5. The average Bonchev–Trinajstić information content (AvgIpc) is 2.93. The minimum absolute atomic E-state index is 0. The molecule has 6 heteroatoms. The molecule has 0 saturated carbocycles. The molecule has 0 aliphatic heterocycles. The van der Waals surface area contributed by atoms with Crippen LogP contribution in [0.3, 0.4) is 0 Å². The Labute approximate surface area is 250 Å². The van der Waals surface area contributed by atoms with Crippen molar-refractivity contribution in [1.29, 1.82) is 10.5 Å². The van der Waals surface area contributed by atoms with Crippen molar-refractivity contribution in [3.05, 3.63) is 161 Å². The Morgan fingerprint density at radius 3 is 0.639 bits per heavy atom. The summed E-state index contributed by atoms with van der Waals surface area (Å²) in [6.45, 7) is 26.7. The van der Waals surface area contributed by atoms with Gasteiger partial charge in [-0.1, -0.05) is 72.8 Å². The predicted molar refractivity (Wildman–Crippen MR) is 150 cm³/mol. The quantitative estimate of drug-likeness (QED) is 0.131. The second-order valence-corrected chi connectivity index (χ2v) is 13.2. The van der Waals surface area contributed by atoms with Gasteiger partial charge in [-0.05, 0) is 48.5 Å². The normalized spacial score (nSPS) is 9.56. The molecule has 2 nitrogen and oxygen atoms in total. The Balaban J connectivity index is 0. The van der Waals surface area contributed by atoms with Crippen molar-refractivity contribution in [2.45, 2.75) is 0 Å². The van der Waals surface area contributed by atoms with E-state index < -0.39 is 14.5 Å². The first kappa shape index (κ1) is 36.4. The SMILES string of the molecule is [Au].[Au].[C-]#N.[C-]#N.[CH2-][P+]([CH2-])(c1ccccc1)c1ccccc1.[CH2-][P+]([CH2-])(c1ccccc1)c1ccccc1. The third-order valence-corrected chi connectivity index (χ3v) is 10.1. The molecule has 0 unspecified atom stereocenters. The second kappa shape index (κ2) is 19.3. The zero-order valence-corrected chi connectivity index (χ0v) is 25.9. The molecule has 4 aromatic rings. The van der Waals surface area contributed by atoms with E-state index in [0.717, 1.165) is 0 Å². The van der Waals surface area contributed by atoms with Crippen molar-refractivity contribution in [2.75, 3.05) is 0 Å². The van der Waals surface area contributed by atoms with E-state index in [0.29, 0.717) is 0 Å². The van der Waals surface area contributed by atoms with E-state index in [4.69, 9.17) is 23.7 Å².